The molecule has 1 amide bonds. The summed E-state index contributed by atoms with van der Waals surface area (Å²) in [6.07, 6.45) is 0. The Morgan fingerprint density at radius 3 is 2.36 bits per heavy atom. The van der Waals surface area contributed by atoms with E-state index >= 15 is 0 Å². The lowest BCUT2D eigenvalue weighted by atomic mass is 9.96. The Balaban J connectivity index is 3.94. The summed E-state index contributed by atoms with van der Waals surface area (Å²) < 4.78 is 4.60. The highest BCUT2D eigenvalue weighted by molar-refractivity contribution is 5.78. The summed E-state index contributed by atoms with van der Waals surface area (Å²) in [7, 11) is 1.41. The van der Waals surface area contributed by atoms with Crippen LogP contribution in [0.3, 0.4) is 0 Å². The lowest BCUT2D eigenvalue weighted by Crippen LogP contribution is -2.37. The van der Waals surface area contributed by atoms with Crippen molar-refractivity contribution in [2.75, 3.05) is 20.3 Å². The summed E-state index contributed by atoms with van der Waals surface area (Å²) in [5.74, 6) is -1.73. The number of methoxy groups -OCH3 is 1. The Morgan fingerprint density at radius 2 is 2.00 bits per heavy atom. The third kappa shape index (κ3) is 4.81. The molecule has 0 radical (unpaired) electrons. The van der Waals surface area contributed by atoms with E-state index in [1.807, 2.05) is 0 Å². The Bertz CT molecular complexity index is 203. The molecule has 0 aliphatic carbocycles. The monoisotopic (exact) mass is 203 g/mol. The first-order chi connectivity index (χ1) is 6.49. The highest BCUT2D eigenvalue weighted by atomic mass is 16.5. The zero-order valence-electron chi connectivity index (χ0n) is 8.74. The second-order valence-electron chi connectivity index (χ2n) is 3.43. The van der Waals surface area contributed by atoms with E-state index in [0.717, 1.165) is 0 Å². The Morgan fingerprint density at radius 1 is 1.43 bits per heavy atom. The van der Waals surface area contributed by atoms with Crippen molar-refractivity contribution in [1.29, 1.82) is 0 Å². The maximum absolute atomic E-state index is 11.0. The number of hydrogen-bond acceptors (Lipinski definition) is 3. The van der Waals surface area contributed by atoms with Crippen molar-refractivity contribution in [3.8, 4) is 0 Å². The van der Waals surface area contributed by atoms with Crippen molar-refractivity contribution >= 4 is 11.9 Å². The van der Waals surface area contributed by atoms with Crippen LogP contribution >= 0.6 is 0 Å². The van der Waals surface area contributed by atoms with Gasteiger partial charge in [-0.3, -0.25) is 9.59 Å². The number of carboxylic acid groups (broad SMARTS) is 1. The molecule has 0 spiro atoms. The number of hydrogen-bond donors (Lipinski definition) is 2. The molecule has 5 heteroatoms. The number of nitrogens with one attached hydrogen (secondary N) is 1. The molecule has 0 aromatic rings. The average molecular weight is 203 g/mol. The molecule has 0 aromatic heterocycles. The molecule has 1 unspecified atom stereocenters. The van der Waals surface area contributed by atoms with Gasteiger partial charge in [0, 0.05) is 13.7 Å². The van der Waals surface area contributed by atoms with E-state index in [-0.39, 0.29) is 25.0 Å². The number of rotatable bonds is 6. The van der Waals surface area contributed by atoms with Gasteiger partial charge in [-0.15, -0.1) is 0 Å². The van der Waals surface area contributed by atoms with Crippen LogP contribution in [0, 0.1) is 11.8 Å². The van der Waals surface area contributed by atoms with Crippen LogP contribution in [0.5, 0.6) is 0 Å². The zero-order chi connectivity index (χ0) is 11.1. The van der Waals surface area contributed by atoms with Crippen LogP contribution in [0.4, 0.5) is 0 Å². The summed E-state index contributed by atoms with van der Waals surface area (Å²) in [4.78, 5) is 21.7. The third-order valence-electron chi connectivity index (χ3n) is 1.92. The molecule has 0 rings (SSSR count). The minimum atomic E-state index is -0.891. The molecule has 14 heavy (non-hydrogen) atoms. The van der Waals surface area contributed by atoms with Crippen LogP contribution in [-0.2, 0) is 14.3 Å². The summed E-state index contributed by atoms with van der Waals surface area (Å²) in [6.45, 7) is 3.72. The summed E-state index contributed by atoms with van der Waals surface area (Å²) in [6, 6.07) is 0. The van der Waals surface area contributed by atoms with Crippen molar-refractivity contribution in [3.05, 3.63) is 0 Å². The lowest BCUT2D eigenvalue weighted by molar-refractivity contribution is -0.143. The molecule has 5 nitrogen and oxygen atoms in total. The van der Waals surface area contributed by atoms with Crippen molar-refractivity contribution in [1.82, 2.24) is 5.32 Å². The van der Waals surface area contributed by atoms with E-state index in [2.05, 4.69) is 10.1 Å². The highest BCUT2D eigenvalue weighted by Crippen LogP contribution is 2.09. The van der Waals surface area contributed by atoms with Gasteiger partial charge in [-0.05, 0) is 5.92 Å². The van der Waals surface area contributed by atoms with Crippen LogP contribution in [0.25, 0.3) is 0 Å². The maximum Gasteiger partial charge on any atom is 0.308 e. The van der Waals surface area contributed by atoms with Gasteiger partial charge in [-0.1, -0.05) is 13.8 Å². The average Bonchev–Trinajstić information content (AvgIpc) is 2.03. The van der Waals surface area contributed by atoms with Gasteiger partial charge in [0.25, 0.3) is 0 Å². The zero-order valence-corrected chi connectivity index (χ0v) is 8.74. The molecular formula is C9H17NO4. The van der Waals surface area contributed by atoms with Crippen LogP contribution in [0.2, 0.25) is 0 Å². The fraction of sp³-hybridized carbons (Fsp3) is 0.778. The van der Waals surface area contributed by atoms with Gasteiger partial charge in [0.05, 0.1) is 5.92 Å². The number of carbonyl (C=O) groups is 2. The van der Waals surface area contributed by atoms with Gasteiger partial charge >= 0.3 is 5.97 Å². The van der Waals surface area contributed by atoms with E-state index in [1.54, 1.807) is 13.8 Å². The fourth-order valence-corrected chi connectivity index (χ4v) is 1.01. The molecule has 0 saturated carbocycles. The number of amides is 1. The summed E-state index contributed by atoms with van der Waals surface area (Å²) in [5.41, 5.74) is 0. The fourth-order valence-electron chi connectivity index (χ4n) is 1.01. The van der Waals surface area contributed by atoms with Crippen LogP contribution in [0.1, 0.15) is 13.8 Å². The molecule has 0 aliphatic heterocycles. The number of ether oxygens (including phenoxy) is 1. The van der Waals surface area contributed by atoms with E-state index in [4.69, 9.17) is 5.11 Å². The minimum Gasteiger partial charge on any atom is -0.481 e. The smallest absolute Gasteiger partial charge is 0.308 e. The molecule has 0 heterocycles. The molecule has 0 saturated heterocycles. The van der Waals surface area contributed by atoms with Gasteiger partial charge in [0.1, 0.15) is 6.61 Å². The third-order valence-corrected chi connectivity index (χ3v) is 1.92. The van der Waals surface area contributed by atoms with Crippen molar-refractivity contribution < 1.29 is 19.4 Å². The predicted molar refractivity (Wildman–Crippen MR) is 50.8 cm³/mol. The first-order valence-corrected chi connectivity index (χ1v) is 4.47. The largest absolute Gasteiger partial charge is 0.481 e. The molecule has 0 aliphatic rings. The van der Waals surface area contributed by atoms with Crippen molar-refractivity contribution in [3.63, 3.8) is 0 Å². The molecular weight excluding hydrogens is 186 g/mol. The normalized spacial score (nSPS) is 12.6. The van der Waals surface area contributed by atoms with Gasteiger partial charge in [0.2, 0.25) is 5.91 Å². The van der Waals surface area contributed by atoms with E-state index in [1.165, 1.54) is 7.11 Å². The lowest BCUT2D eigenvalue weighted by Gasteiger charge is -2.16. The van der Waals surface area contributed by atoms with E-state index in [0.29, 0.717) is 0 Å². The van der Waals surface area contributed by atoms with Crippen LogP contribution in [-0.4, -0.2) is 37.2 Å². The highest BCUT2D eigenvalue weighted by Gasteiger charge is 2.21. The van der Waals surface area contributed by atoms with Crippen molar-refractivity contribution in [2.45, 2.75) is 13.8 Å². The number of carboxylic acids is 1. The molecule has 1 atom stereocenters. The first-order valence-electron chi connectivity index (χ1n) is 4.47. The molecule has 0 fully saturated rings. The van der Waals surface area contributed by atoms with Crippen LogP contribution < -0.4 is 5.32 Å². The molecule has 0 bridgehead atoms. The summed E-state index contributed by atoms with van der Waals surface area (Å²) >= 11 is 0. The number of aliphatic carboxylic acids is 1. The number of carbonyl (C=O) groups excluding carboxylic acids is 1. The van der Waals surface area contributed by atoms with Gasteiger partial charge < -0.3 is 15.2 Å². The minimum absolute atomic E-state index is 0.00431. The van der Waals surface area contributed by atoms with Crippen molar-refractivity contribution in [2.24, 2.45) is 11.8 Å². The molecule has 2 N–H and O–H groups in total. The topological polar surface area (TPSA) is 75.6 Å². The molecule has 82 valence electrons. The Labute approximate surface area is 83.4 Å². The SMILES string of the molecule is COCC(=O)NCC(C(=O)O)C(C)C. The molecule has 0 aromatic carbocycles. The van der Waals surface area contributed by atoms with E-state index in [9.17, 15) is 9.59 Å². The second-order valence-corrected chi connectivity index (χ2v) is 3.43. The van der Waals surface area contributed by atoms with E-state index < -0.39 is 11.9 Å². The Kier molecular flexibility index (Phi) is 5.87. The first kappa shape index (κ1) is 12.9. The van der Waals surface area contributed by atoms with Gasteiger partial charge in [-0.2, -0.15) is 0 Å². The standard InChI is InChI=1S/C9H17NO4/c1-6(2)7(9(12)13)4-10-8(11)5-14-3/h6-7H,4-5H2,1-3H3,(H,10,11)(H,12,13). The predicted octanol–water partition coefficient (Wildman–Crippen LogP) is 0.106. The van der Waals surface area contributed by atoms with Crippen LogP contribution in [0.15, 0.2) is 0 Å². The van der Waals surface area contributed by atoms with Gasteiger partial charge in [0.15, 0.2) is 0 Å². The quantitative estimate of drug-likeness (QED) is 0.642. The van der Waals surface area contributed by atoms with Gasteiger partial charge in [-0.25, -0.2) is 0 Å². The maximum atomic E-state index is 11.0. The Hall–Kier alpha value is -1.10. The summed E-state index contributed by atoms with van der Waals surface area (Å²) in [5, 5.41) is 11.3. The second kappa shape index (κ2) is 6.37.